The molecule has 2 aliphatic heterocycles. The minimum absolute atomic E-state index is 0.121. The average Bonchev–Trinajstić information content (AvgIpc) is 3.28. The molecule has 0 aliphatic carbocycles. The summed E-state index contributed by atoms with van der Waals surface area (Å²) in [5.74, 6) is -7.15. The molecule has 3 aromatic rings. The Morgan fingerprint density at radius 3 is 2.58 bits per heavy atom. The number of halogens is 4. The summed E-state index contributed by atoms with van der Waals surface area (Å²) in [5, 5.41) is 14.4. The predicted molar refractivity (Wildman–Crippen MR) is 108 cm³/mol. The van der Waals surface area contributed by atoms with E-state index in [1.54, 1.807) is 0 Å². The fourth-order valence-electron chi connectivity index (χ4n) is 4.97. The minimum Gasteiger partial charge on any atom is -0.502 e. The number of rotatable bonds is 3. The third-order valence-corrected chi connectivity index (χ3v) is 6.39. The first kappa shape index (κ1) is 21.2. The molecule has 10 heteroatoms. The maximum Gasteiger partial charge on any atom is 0.276 e. The van der Waals surface area contributed by atoms with Gasteiger partial charge in [-0.2, -0.15) is 5.10 Å². The number of carbonyl (C=O) groups excluding carboxylic acids is 1. The summed E-state index contributed by atoms with van der Waals surface area (Å²) >= 11 is 0. The fourth-order valence-corrected chi connectivity index (χ4v) is 4.97. The van der Waals surface area contributed by atoms with Gasteiger partial charge in [0.2, 0.25) is 5.43 Å². The van der Waals surface area contributed by atoms with Crippen LogP contribution in [0.2, 0.25) is 0 Å². The molecular formula is C23H17F4N3O3. The number of hydrogen-bond donors (Lipinski definition) is 1. The molecule has 1 fully saturated rings. The summed E-state index contributed by atoms with van der Waals surface area (Å²) in [6.07, 6.45) is 1.89. The first-order chi connectivity index (χ1) is 15.8. The van der Waals surface area contributed by atoms with E-state index in [4.69, 9.17) is 0 Å². The summed E-state index contributed by atoms with van der Waals surface area (Å²) in [6, 6.07) is 5.07. The second-order valence-corrected chi connectivity index (χ2v) is 8.14. The lowest BCUT2D eigenvalue weighted by Gasteiger charge is -2.42. The van der Waals surface area contributed by atoms with Gasteiger partial charge in [-0.3, -0.25) is 14.3 Å². The smallest absolute Gasteiger partial charge is 0.276 e. The second kappa shape index (κ2) is 7.72. The van der Waals surface area contributed by atoms with Crippen LogP contribution in [0.5, 0.6) is 5.75 Å². The average molecular weight is 459 g/mol. The topological polar surface area (TPSA) is 75.4 Å². The zero-order chi connectivity index (χ0) is 23.4. The van der Waals surface area contributed by atoms with Gasteiger partial charge in [-0.15, -0.1) is 0 Å². The molecule has 1 amide bonds. The maximum absolute atomic E-state index is 15.1. The molecule has 5 rings (SSSR count). The third-order valence-electron chi connectivity index (χ3n) is 6.39. The highest BCUT2D eigenvalue weighted by atomic mass is 19.2. The molecule has 0 bridgehead atoms. The lowest BCUT2D eigenvalue weighted by Crippen LogP contribution is -2.51. The summed E-state index contributed by atoms with van der Waals surface area (Å²) in [6.45, 7) is 0.318. The molecule has 0 saturated carbocycles. The van der Waals surface area contributed by atoms with Crippen molar-refractivity contribution in [1.29, 1.82) is 0 Å². The Balaban J connectivity index is 1.82. The predicted octanol–water partition coefficient (Wildman–Crippen LogP) is 3.50. The normalized spacial score (nSPS) is 20.5. The fraction of sp³-hybridized carbons (Fsp3) is 0.261. The van der Waals surface area contributed by atoms with Crippen LogP contribution in [0.4, 0.5) is 17.6 Å². The van der Waals surface area contributed by atoms with Crippen molar-refractivity contribution in [2.75, 3.05) is 6.54 Å². The van der Waals surface area contributed by atoms with Crippen molar-refractivity contribution in [2.45, 2.75) is 30.8 Å². The van der Waals surface area contributed by atoms with Crippen molar-refractivity contribution >= 4 is 5.91 Å². The monoisotopic (exact) mass is 459 g/mol. The number of aromatic nitrogens is 2. The van der Waals surface area contributed by atoms with E-state index < -0.39 is 58.4 Å². The standard InChI is InChI=1S/C23H17F4N3O3/c24-13-7-6-11(9-15(13)26)18(12-3-1-4-14(25)19(12)27)20-16-5-2-8-29(16)23(33)21-22(32)17(31)10-28-30(20)21/h1,3-4,6-7,9-10,16,18,20,32H,2,5,8H2/t16-,18-,20-/m1/s1. The van der Waals surface area contributed by atoms with Gasteiger partial charge in [-0.25, -0.2) is 17.6 Å². The summed E-state index contributed by atoms with van der Waals surface area (Å²) in [5.41, 5.74) is -1.28. The highest BCUT2D eigenvalue weighted by Crippen LogP contribution is 2.46. The Kier molecular flexibility index (Phi) is 4.95. The van der Waals surface area contributed by atoms with Crippen LogP contribution in [0.3, 0.4) is 0 Å². The summed E-state index contributed by atoms with van der Waals surface area (Å²) in [4.78, 5) is 26.5. The first-order valence-electron chi connectivity index (χ1n) is 10.3. The molecule has 6 nitrogen and oxygen atoms in total. The summed E-state index contributed by atoms with van der Waals surface area (Å²) in [7, 11) is 0. The number of benzene rings is 2. The molecule has 0 radical (unpaired) electrons. The van der Waals surface area contributed by atoms with Crippen LogP contribution in [0.15, 0.2) is 47.4 Å². The van der Waals surface area contributed by atoms with Gasteiger partial charge in [-0.1, -0.05) is 18.2 Å². The van der Waals surface area contributed by atoms with Gasteiger partial charge >= 0.3 is 0 Å². The van der Waals surface area contributed by atoms with Crippen molar-refractivity contribution in [3.05, 3.63) is 92.9 Å². The highest BCUT2D eigenvalue weighted by molar-refractivity contribution is 5.96. The van der Waals surface area contributed by atoms with E-state index in [2.05, 4.69) is 5.10 Å². The molecule has 3 heterocycles. The summed E-state index contributed by atoms with van der Waals surface area (Å²) < 4.78 is 58.4. The number of carbonyl (C=O) groups is 1. The lowest BCUT2D eigenvalue weighted by atomic mass is 9.79. The Morgan fingerprint density at radius 1 is 1.03 bits per heavy atom. The van der Waals surface area contributed by atoms with Crippen LogP contribution in [0, 0.1) is 23.3 Å². The number of hydrogen-bond acceptors (Lipinski definition) is 4. The number of aromatic hydroxyl groups is 1. The molecule has 2 aliphatic rings. The number of amides is 1. The van der Waals surface area contributed by atoms with Crippen LogP contribution in [0.25, 0.3) is 0 Å². The lowest BCUT2D eigenvalue weighted by molar-refractivity contribution is 0.0564. The number of nitrogens with zero attached hydrogens (tertiary/aromatic N) is 3. The van der Waals surface area contributed by atoms with E-state index in [9.17, 15) is 27.9 Å². The Morgan fingerprint density at radius 2 is 1.82 bits per heavy atom. The van der Waals surface area contributed by atoms with Gasteiger partial charge in [0.15, 0.2) is 34.7 Å². The highest BCUT2D eigenvalue weighted by Gasteiger charge is 2.48. The maximum atomic E-state index is 15.1. The van der Waals surface area contributed by atoms with Crippen LogP contribution in [-0.4, -0.2) is 38.3 Å². The van der Waals surface area contributed by atoms with Crippen molar-refractivity contribution in [1.82, 2.24) is 14.7 Å². The Labute approximate surface area is 184 Å². The quantitative estimate of drug-likeness (QED) is 0.609. The molecule has 1 aromatic heterocycles. The van der Waals surface area contributed by atoms with Gasteiger partial charge in [0.25, 0.3) is 5.91 Å². The molecule has 0 unspecified atom stereocenters. The molecule has 2 aromatic carbocycles. The van der Waals surface area contributed by atoms with Gasteiger partial charge < -0.3 is 10.0 Å². The molecule has 33 heavy (non-hydrogen) atoms. The van der Waals surface area contributed by atoms with Gasteiger partial charge in [0.1, 0.15) is 0 Å². The molecular weight excluding hydrogens is 442 g/mol. The van der Waals surface area contributed by atoms with Crippen molar-refractivity contribution in [3.8, 4) is 5.75 Å². The minimum atomic E-state index is -1.18. The van der Waals surface area contributed by atoms with E-state index in [0.29, 0.717) is 19.4 Å². The van der Waals surface area contributed by atoms with Crippen molar-refractivity contribution in [2.24, 2.45) is 0 Å². The SMILES string of the molecule is O=C1c2c(O)c(=O)cnn2[C@@H]([C@H](c2ccc(F)c(F)c2)c2cccc(F)c2F)[C@H]2CCCN12. The molecule has 1 N–H and O–H groups in total. The Bertz CT molecular complexity index is 1340. The van der Waals surface area contributed by atoms with Gasteiger partial charge in [0.05, 0.1) is 18.3 Å². The number of fused-ring (bicyclic) bond motifs is 2. The van der Waals surface area contributed by atoms with E-state index in [1.807, 2.05) is 0 Å². The third kappa shape index (κ3) is 3.20. The van der Waals surface area contributed by atoms with Crippen molar-refractivity contribution < 1.29 is 27.5 Å². The van der Waals surface area contributed by atoms with E-state index in [0.717, 1.165) is 29.1 Å². The van der Waals surface area contributed by atoms with E-state index in [-0.39, 0.29) is 16.8 Å². The molecule has 0 spiro atoms. The zero-order valence-electron chi connectivity index (χ0n) is 17.0. The zero-order valence-corrected chi connectivity index (χ0v) is 17.0. The first-order valence-corrected chi connectivity index (χ1v) is 10.3. The van der Waals surface area contributed by atoms with E-state index >= 15 is 4.39 Å². The van der Waals surface area contributed by atoms with Crippen LogP contribution < -0.4 is 5.43 Å². The Hall–Kier alpha value is -3.69. The van der Waals surface area contributed by atoms with Crippen LogP contribution >= 0.6 is 0 Å². The van der Waals surface area contributed by atoms with Crippen LogP contribution in [-0.2, 0) is 0 Å². The van der Waals surface area contributed by atoms with Gasteiger partial charge in [-0.05, 0) is 36.6 Å². The molecule has 170 valence electrons. The van der Waals surface area contributed by atoms with Crippen LogP contribution in [0.1, 0.15) is 46.4 Å². The van der Waals surface area contributed by atoms with Crippen molar-refractivity contribution in [3.63, 3.8) is 0 Å². The van der Waals surface area contributed by atoms with E-state index in [1.165, 1.54) is 23.1 Å². The largest absolute Gasteiger partial charge is 0.502 e. The second-order valence-electron chi connectivity index (χ2n) is 8.14. The molecule has 3 atom stereocenters. The van der Waals surface area contributed by atoms with Gasteiger partial charge in [0, 0.05) is 18.0 Å². The molecule has 1 saturated heterocycles.